The fraction of sp³-hybridized carbons (Fsp3) is 0.190. The number of ether oxygens (including phenoxy) is 1. The zero-order chi connectivity index (χ0) is 21.7. The number of rotatable bonds is 4. The Morgan fingerprint density at radius 1 is 1.23 bits per heavy atom. The van der Waals surface area contributed by atoms with Crippen LogP contribution in [0.15, 0.2) is 52.2 Å². The summed E-state index contributed by atoms with van der Waals surface area (Å²) in [4.78, 5) is 17.4. The number of pyridine rings is 3. The molecule has 5 aromatic rings. The van der Waals surface area contributed by atoms with Crippen LogP contribution in [0.4, 0.5) is 4.39 Å². The number of halogens is 1. The zero-order valence-electron chi connectivity index (χ0n) is 16.9. The monoisotopic (exact) mass is 420 g/mol. The Kier molecular flexibility index (Phi) is 4.28. The van der Waals surface area contributed by atoms with Crippen molar-refractivity contribution in [3.63, 3.8) is 0 Å². The summed E-state index contributed by atoms with van der Waals surface area (Å²) >= 11 is 0. The van der Waals surface area contributed by atoms with Gasteiger partial charge in [-0.25, -0.2) is 4.39 Å². The van der Waals surface area contributed by atoms with Crippen LogP contribution in [0.3, 0.4) is 0 Å². The molecule has 1 unspecified atom stereocenters. The molecule has 10 heteroatoms. The van der Waals surface area contributed by atoms with Crippen molar-refractivity contribution >= 4 is 16.6 Å². The maximum atomic E-state index is 14.7. The molecule has 0 aromatic carbocycles. The van der Waals surface area contributed by atoms with Crippen LogP contribution < -0.4 is 10.3 Å². The first-order chi connectivity index (χ1) is 15.0. The average Bonchev–Trinajstić information content (AvgIpc) is 3.40. The second-order valence-corrected chi connectivity index (χ2v) is 7.17. The molecule has 0 aliphatic rings. The summed E-state index contributed by atoms with van der Waals surface area (Å²) in [6.45, 7) is 3.57. The molecule has 5 rings (SSSR count). The molecule has 0 saturated carbocycles. The van der Waals surface area contributed by atoms with E-state index in [9.17, 15) is 9.18 Å². The lowest BCUT2D eigenvalue weighted by Gasteiger charge is -2.15. The molecule has 1 atom stereocenters. The Hall–Kier alpha value is -4.08. The van der Waals surface area contributed by atoms with Gasteiger partial charge in [-0.15, -0.1) is 10.2 Å². The van der Waals surface area contributed by atoms with E-state index in [1.54, 1.807) is 50.6 Å². The van der Waals surface area contributed by atoms with Gasteiger partial charge in [0.1, 0.15) is 5.75 Å². The highest BCUT2D eigenvalue weighted by Gasteiger charge is 2.21. The number of hydrogen-bond donors (Lipinski definition) is 0. The lowest BCUT2D eigenvalue weighted by molar-refractivity contribution is 0.413. The largest absolute Gasteiger partial charge is 0.495 e. The number of methoxy groups -OCH3 is 1. The van der Waals surface area contributed by atoms with Crippen molar-refractivity contribution in [2.24, 2.45) is 0 Å². The second-order valence-electron chi connectivity index (χ2n) is 7.17. The molecule has 0 radical (unpaired) electrons. The summed E-state index contributed by atoms with van der Waals surface area (Å²) in [6, 6.07) is 5.86. The third-order valence-electron chi connectivity index (χ3n) is 5.18. The number of aromatic nitrogens is 6. The lowest BCUT2D eigenvalue weighted by atomic mass is 10.2. The molecule has 0 aliphatic heterocycles. The van der Waals surface area contributed by atoms with Crippen LogP contribution in [0.5, 0.6) is 5.75 Å². The van der Waals surface area contributed by atoms with Gasteiger partial charge in [0.05, 0.1) is 35.9 Å². The van der Waals surface area contributed by atoms with Gasteiger partial charge in [0.25, 0.3) is 5.56 Å². The van der Waals surface area contributed by atoms with E-state index in [0.29, 0.717) is 39.5 Å². The molecule has 0 bridgehead atoms. The number of nitrogens with zero attached hydrogens (tertiary/aromatic N) is 6. The molecule has 9 nitrogen and oxygen atoms in total. The molecule has 31 heavy (non-hydrogen) atoms. The third kappa shape index (κ3) is 3.03. The maximum absolute atomic E-state index is 14.7. The molecule has 156 valence electrons. The minimum absolute atomic E-state index is 0.0546. The molecular formula is C21H17FN6O3. The van der Waals surface area contributed by atoms with Crippen LogP contribution in [0.2, 0.25) is 0 Å². The fourth-order valence-electron chi connectivity index (χ4n) is 3.55. The predicted octanol–water partition coefficient (Wildman–Crippen LogP) is 3.16. The van der Waals surface area contributed by atoms with Gasteiger partial charge < -0.3 is 13.8 Å². The molecular weight excluding hydrogens is 403 g/mol. The standard InChI is InChI=1S/C21H17FN6O3/c1-11-6-18(31-26-11)13-7-16(22)20-25-24-19(28(20)10-13)12(2)27-5-4-17-15(21(27)29)8-14(30-3)9-23-17/h4-10,12H,1-3H3. The summed E-state index contributed by atoms with van der Waals surface area (Å²) in [5.41, 5.74) is 1.50. The van der Waals surface area contributed by atoms with Gasteiger partial charge in [-0.3, -0.25) is 14.2 Å². The lowest BCUT2D eigenvalue weighted by Crippen LogP contribution is -2.25. The minimum atomic E-state index is -0.558. The van der Waals surface area contributed by atoms with E-state index in [2.05, 4.69) is 20.3 Å². The van der Waals surface area contributed by atoms with Gasteiger partial charge in [0.2, 0.25) is 0 Å². The average molecular weight is 420 g/mol. The van der Waals surface area contributed by atoms with Crippen molar-refractivity contribution in [1.82, 2.24) is 29.3 Å². The van der Waals surface area contributed by atoms with E-state index in [-0.39, 0.29) is 11.2 Å². The third-order valence-corrected chi connectivity index (χ3v) is 5.18. The second kappa shape index (κ2) is 7.01. The number of fused-ring (bicyclic) bond motifs is 2. The van der Waals surface area contributed by atoms with Crippen LogP contribution in [0, 0.1) is 12.7 Å². The summed E-state index contributed by atoms with van der Waals surface area (Å²) < 4.78 is 28.2. The predicted molar refractivity (Wildman–Crippen MR) is 110 cm³/mol. The van der Waals surface area contributed by atoms with Gasteiger partial charge in [0, 0.05) is 24.0 Å². The first-order valence-electron chi connectivity index (χ1n) is 9.49. The van der Waals surface area contributed by atoms with Crippen molar-refractivity contribution in [2.75, 3.05) is 7.11 Å². The van der Waals surface area contributed by atoms with Crippen LogP contribution in [-0.4, -0.2) is 36.4 Å². The topological polar surface area (TPSA) is 100 Å². The van der Waals surface area contributed by atoms with Crippen LogP contribution in [0.25, 0.3) is 27.9 Å². The highest BCUT2D eigenvalue weighted by molar-refractivity contribution is 5.78. The van der Waals surface area contributed by atoms with Gasteiger partial charge in [-0.05, 0) is 32.0 Å². The van der Waals surface area contributed by atoms with E-state index >= 15 is 0 Å². The fourth-order valence-corrected chi connectivity index (χ4v) is 3.55. The Balaban J connectivity index is 1.66. The van der Waals surface area contributed by atoms with Crippen molar-refractivity contribution < 1.29 is 13.7 Å². The summed E-state index contributed by atoms with van der Waals surface area (Å²) in [5, 5.41) is 12.4. The van der Waals surface area contributed by atoms with E-state index in [1.807, 2.05) is 0 Å². The van der Waals surface area contributed by atoms with Crippen LogP contribution in [0.1, 0.15) is 24.5 Å². The number of aryl methyl sites for hydroxylation is 1. The zero-order valence-corrected chi connectivity index (χ0v) is 16.9. The van der Waals surface area contributed by atoms with E-state index in [1.165, 1.54) is 22.1 Å². The quantitative estimate of drug-likeness (QED) is 0.440. The Labute approximate surface area is 174 Å². The van der Waals surface area contributed by atoms with Gasteiger partial charge in [-0.2, -0.15) is 0 Å². The highest BCUT2D eigenvalue weighted by Crippen LogP contribution is 2.25. The number of hydrogen-bond acceptors (Lipinski definition) is 7. The molecule has 5 aromatic heterocycles. The van der Waals surface area contributed by atoms with E-state index in [0.717, 1.165) is 0 Å². The Bertz CT molecular complexity index is 1500. The first kappa shape index (κ1) is 18.9. The Morgan fingerprint density at radius 3 is 2.81 bits per heavy atom. The van der Waals surface area contributed by atoms with E-state index < -0.39 is 11.9 Å². The van der Waals surface area contributed by atoms with Crippen LogP contribution in [-0.2, 0) is 0 Å². The normalized spacial score (nSPS) is 12.5. The van der Waals surface area contributed by atoms with Crippen molar-refractivity contribution in [3.05, 3.63) is 70.5 Å². The van der Waals surface area contributed by atoms with Crippen LogP contribution >= 0.6 is 0 Å². The summed E-state index contributed by atoms with van der Waals surface area (Å²) in [6.07, 6.45) is 4.86. The molecule has 0 amide bonds. The smallest absolute Gasteiger partial charge is 0.260 e. The van der Waals surface area contributed by atoms with Crippen molar-refractivity contribution in [1.29, 1.82) is 0 Å². The first-order valence-corrected chi connectivity index (χ1v) is 9.49. The van der Waals surface area contributed by atoms with Gasteiger partial charge >= 0.3 is 0 Å². The van der Waals surface area contributed by atoms with Crippen molar-refractivity contribution in [3.8, 4) is 17.1 Å². The maximum Gasteiger partial charge on any atom is 0.260 e. The van der Waals surface area contributed by atoms with Crippen molar-refractivity contribution in [2.45, 2.75) is 19.9 Å². The highest BCUT2D eigenvalue weighted by atomic mass is 19.1. The molecule has 0 spiro atoms. The Morgan fingerprint density at radius 2 is 2.06 bits per heavy atom. The summed E-state index contributed by atoms with van der Waals surface area (Å²) in [5.74, 6) is 0.741. The molecule has 0 fully saturated rings. The van der Waals surface area contributed by atoms with Gasteiger partial charge in [-0.1, -0.05) is 5.16 Å². The molecule has 5 heterocycles. The molecule has 0 N–H and O–H groups in total. The SMILES string of the molecule is COc1cnc2ccn(C(C)c3nnc4c(F)cc(-c5cc(C)no5)cn34)c(=O)c2c1. The molecule has 0 saturated heterocycles. The molecule has 0 aliphatic carbocycles. The minimum Gasteiger partial charge on any atom is -0.495 e. The van der Waals surface area contributed by atoms with Gasteiger partial charge in [0.15, 0.2) is 23.0 Å². The van der Waals surface area contributed by atoms with E-state index in [4.69, 9.17) is 9.26 Å². The summed E-state index contributed by atoms with van der Waals surface area (Å²) in [7, 11) is 1.51.